The van der Waals surface area contributed by atoms with Crippen molar-refractivity contribution in [3.63, 3.8) is 0 Å². The summed E-state index contributed by atoms with van der Waals surface area (Å²) in [6, 6.07) is 14.0. The van der Waals surface area contributed by atoms with E-state index in [1.807, 2.05) is 6.07 Å². The smallest absolute Gasteiger partial charge is 0.261 e. The topological polar surface area (TPSA) is 78.5 Å². The minimum absolute atomic E-state index is 0. The van der Waals surface area contributed by atoms with Gasteiger partial charge in [0.25, 0.3) is 17.7 Å². The number of carbonyl (C=O) groups excluding carboxylic acids is 3. The molecule has 1 saturated heterocycles. The summed E-state index contributed by atoms with van der Waals surface area (Å²) in [5.41, 5.74) is 2.14. The molecule has 27 heavy (non-hydrogen) atoms. The molecule has 7 heteroatoms. The Morgan fingerprint density at radius 1 is 1.07 bits per heavy atom. The first kappa shape index (κ1) is 19.1. The van der Waals surface area contributed by atoms with E-state index in [-0.39, 0.29) is 42.7 Å². The van der Waals surface area contributed by atoms with Gasteiger partial charge in [-0.05, 0) is 42.8 Å². The highest BCUT2D eigenvalue weighted by Gasteiger charge is 2.35. The number of amides is 3. The number of nitrogens with one attached hydrogen (secondary N) is 2. The van der Waals surface area contributed by atoms with Gasteiger partial charge in [0, 0.05) is 18.2 Å². The van der Waals surface area contributed by atoms with E-state index < -0.39 is 0 Å². The Morgan fingerprint density at radius 2 is 1.78 bits per heavy atom. The van der Waals surface area contributed by atoms with Gasteiger partial charge < -0.3 is 10.6 Å². The highest BCUT2D eigenvalue weighted by Crippen LogP contribution is 2.24. The fourth-order valence-electron chi connectivity index (χ4n) is 3.42. The van der Waals surface area contributed by atoms with Gasteiger partial charge in [0.1, 0.15) is 0 Å². The largest absolute Gasteiger partial charge is 0.348 e. The molecule has 2 N–H and O–H groups in total. The Balaban J connectivity index is 0.00000210. The summed E-state index contributed by atoms with van der Waals surface area (Å²) in [6.45, 7) is 1.84. The van der Waals surface area contributed by atoms with Gasteiger partial charge in [-0.15, -0.1) is 12.4 Å². The summed E-state index contributed by atoms with van der Waals surface area (Å²) in [6.07, 6.45) is 0.917. The molecule has 2 aliphatic rings. The van der Waals surface area contributed by atoms with Crippen LogP contribution in [0.2, 0.25) is 0 Å². The zero-order valence-electron chi connectivity index (χ0n) is 14.6. The van der Waals surface area contributed by atoms with Crippen molar-refractivity contribution in [3.8, 4) is 0 Å². The maximum Gasteiger partial charge on any atom is 0.261 e. The first-order valence-electron chi connectivity index (χ1n) is 8.69. The number of halogens is 1. The van der Waals surface area contributed by atoms with Crippen LogP contribution >= 0.6 is 12.4 Å². The minimum atomic E-state index is -0.294. The number of nitrogens with zero attached hydrogens (tertiary/aromatic N) is 1. The molecule has 0 radical (unpaired) electrons. The van der Waals surface area contributed by atoms with Crippen molar-refractivity contribution in [1.82, 2.24) is 15.5 Å². The fourth-order valence-corrected chi connectivity index (χ4v) is 3.42. The summed E-state index contributed by atoms with van der Waals surface area (Å²) in [7, 11) is 0. The van der Waals surface area contributed by atoms with Crippen molar-refractivity contribution in [2.75, 3.05) is 13.1 Å². The van der Waals surface area contributed by atoms with Crippen LogP contribution in [0.3, 0.4) is 0 Å². The van der Waals surface area contributed by atoms with E-state index in [4.69, 9.17) is 0 Å². The molecule has 0 aromatic heterocycles. The number of rotatable bonds is 4. The van der Waals surface area contributed by atoms with Crippen molar-refractivity contribution in [3.05, 3.63) is 70.8 Å². The van der Waals surface area contributed by atoms with Gasteiger partial charge in [-0.25, -0.2) is 0 Å². The Kier molecular flexibility index (Phi) is 5.58. The highest BCUT2D eigenvalue weighted by atomic mass is 35.5. The van der Waals surface area contributed by atoms with Crippen LogP contribution in [-0.2, 0) is 6.54 Å². The monoisotopic (exact) mass is 385 g/mol. The molecule has 1 fully saturated rings. The maximum absolute atomic E-state index is 12.5. The van der Waals surface area contributed by atoms with Gasteiger partial charge in [-0.1, -0.05) is 24.3 Å². The third-order valence-electron chi connectivity index (χ3n) is 4.80. The molecule has 2 heterocycles. The maximum atomic E-state index is 12.5. The van der Waals surface area contributed by atoms with Crippen molar-refractivity contribution in [1.29, 1.82) is 0 Å². The van der Waals surface area contributed by atoms with Crippen LogP contribution in [0.5, 0.6) is 0 Å². The van der Waals surface area contributed by atoms with Crippen LogP contribution in [0.1, 0.15) is 43.1 Å². The summed E-state index contributed by atoms with van der Waals surface area (Å²) >= 11 is 0. The van der Waals surface area contributed by atoms with Gasteiger partial charge in [0.15, 0.2) is 0 Å². The fraction of sp³-hybridized carbons (Fsp3) is 0.250. The van der Waals surface area contributed by atoms with E-state index in [1.54, 1.807) is 42.5 Å². The third-order valence-corrected chi connectivity index (χ3v) is 4.80. The quantitative estimate of drug-likeness (QED) is 0.789. The minimum Gasteiger partial charge on any atom is -0.348 e. The van der Waals surface area contributed by atoms with E-state index >= 15 is 0 Å². The number of imide groups is 1. The molecule has 0 saturated carbocycles. The number of fused-ring (bicyclic) bond motifs is 1. The molecule has 0 aliphatic carbocycles. The zero-order valence-corrected chi connectivity index (χ0v) is 15.4. The first-order chi connectivity index (χ1) is 12.6. The van der Waals surface area contributed by atoms with Crippen LogP contribution in [0, 0.1) is 0 Å². The molecular formula is C20H20ClN3O3. The standard InChI is InChI=1S/C20H19N3O3.ClH/c24-18(22-15-8-9-21-11-15)14-5-3-4-13(10-14)12-23-19(25)16-6-1-2-7-17(16)20(23)26;/h1-7,10,15,21H,8-9,11-12H2,(H,22,24);1H. The second kappa shape index (κ2) is 7.90. The van der Waals surface area contributed by atoms with Crippen molar-refractivity contribution in [2.24, 2.45) is 0 Å². The predicted molar refractivity (Wildman–Crippen MR) is 103 cm³/mol. The summed E-state index contributed by atoms with van der Waals surface area (Å²) in [5.74, 6) is -0.724. The average molecular weight is 386 g/mol. The molecule has 0 bridgehead atoms. The van der Waals surface area contributed by atoms with Crippen LogP contribution in [0.15, 0.2) is 48.5 Å². The number of hydrogen-bond donors (Lipinski definition) is 2. The normalized spacial score (nSPS) is 18.2. The number of carbonyl (C=O) groups is 3. The van der Waals surface area contributed by atoms with Gasteiger partial charge >= 0.3 is 0 Å². The lowest BCUT2D eigenvalue weighted by atomic mass is 10.1. The average Bonchev–Trinajstić information content (AvgIpc) is 3.25. The number of benzene rings is 2. The molecule has 3 amide bonds. The Bertz CT molecular complexity index is 859. The van der Waals surface area contributed by atoms with Gasteiger partial charge in [0.05, 0.1) is 17.7 Å². The van der Waals surface area contributed by atoms with Gasteiger partial charge in [-0.2, -0.15) is 0 Å². The van der Waals surface area contributed by atoms with Crippen LogP contribution in [0.4, 0.5) is 0 Å². The molecule has 0 spiro atoms. The second-order valence-electron chi connectivity index (χ2n) is 6.61. The third kappa shape index (κ3) is 3.72. The second-order valence-corrected chi connectivity index (χ2v) is 6.61. The lowest BCUT2D eigenvalue weighted by Crippen LogP contribution is -2.36. The zero-order chi connectivity index (χ0) is 18.1. The van der Waals surface area contributed by atoms with Crippen molar-refractivity contribution >= 4 is 30.1 Å². The number of hydrogen-bond acceptors (Lipinski definition) is 4. The predicted octanol–water partition coefficient (Wildman–Crippen LogP) is 2.00. The Labute approximate surface area is 163 Å². The first-order valence-corrected chi connectivity index (χ1v) is 8.69. The molecule has 4 rings (SSSR count). The summed E-state index contributed by atoms with van der Waals surface area (Å²) in [5, 5.41) is 6.21. The summed E-state index contributed by atoms with van der Waals surface area (Å²) in [4.78, 5) is 38.6. The van der Waals surface area contributed by atoms with Crippen LogP contribution in [-0.4, -0.2) is 41.8 Å². The van der Waals surface area contributed by atoms with E-state index in [0.717, 1.165) is 25.1 Å². The molecule has 2 aliphatic heterocycles. The molecule has 140 valence electrons. The van der Waals surface area contributed by atoms with E-state index in [1.165, 1.54) is 4.90 Å². The van der Waals surface area contributed by atoms with Gasteiger partial charge in [0.2, 0.25) is 0 Å². The highest BCUT2D eigenvalue weighted by molar-refractivity contribution is 6.21. The lowest BCUT2D eigenvalue weighted by Gasteiger charge is -2.15. The molecule has 1 unspecified atom stereocenters. The summed E-state index contributed by atoms with van der Waals surface area (Å²) < 4.78 is 0. The van der Waals surface area contributed by atoms with Crippen molar-refractivity contribution in [2.45, 2.75) is 19.0 Å². The molecule has 1 atom stereocenters. The molecular weight excluding hydrogens is 366 g/mol. The van der Waals surface area contributed by atoms with Gasteiger partial charge in [-0.3, -0.25) is 19.3 Å². The van der Waals surface area contributed by atoms with E-state index in [9.17, 15) is 14.4 Å². The molecule has 2 aromatic carbocycles. The Hall–Kier alpha value is -2.70. The molecule has 6 nitrogen and oxygen atoms in total. The SMILES string of the molecule is Cl.O=C(NC1CCNC1)c1cccc(CN2C(=O)c3ccccc3C2=O)c1. The van der Waals surface area contributed by atoms with Crippen molar-refractivity contribution < 1.29 is 14.4 Å². The van der Waals surface area contributed by atoms with E-state index in [2.05, 4.69) is 10.6 Å². The lowest BCUT2D eigenvalue weighted by molar-refractivity contribution is 0.0642. The van der Waals surface area contributed by atoms with Crippen LogP contribution in [0.25, 0.3) is 0 Å². The van der Waals surface area contributed by atoms with E-state index in [0.29, 0.717) is 16.7 Å². The van der Waals surface area contributed by atoms with Crippen LogP contribution < -0.4 is 10.6 Å². The molecule has 2 aromatic rings. The Morgan fingerprint density at radius 3 is 2.41 bits per heavy atom.